The van der Waals surface area contributed by atoms with Crippen LogP contribution in [0.5, 0.6) is 0 Å². The minimum Gasteiger partial charge on any atom is -0.371 e. The molecule has 3 nitrogen and oxygen atoms in total. The Bertz CT molecular complexity index is 353. The standard InChI is InChI=1S/C15H23N3/c1-2-13(1)3-10-17-14-6-11-18(12-7-14)15-4-8-16-9-5-15/h4-5,8-9,13-14,17H,1-3,6-7,10-12H2. The predicted octanol–water partition coefficient (Wildman–Crippen LogP) is 2.44. The zero-order valence-electron chi connectivity index (χ0n) is 11.0. The van der Waals surface area contributed by atoms with Crippen molar-refractivity contribution >= 4 is 5.69 Å². The number of nitrogens with one attached hydrogen (secondary N) is 1. The van der Waals surface area contributed by atoms with Gasteiger partial charge in [0.1, 0.15) is 0 Å². The van der Waals surface area contributed by atoms with Crippen molar-refractivity contribution in [3.05, 3.63) is 24.5 Å². The second-order valence-electron chi connectivity index (χ2n) is 5.65. The van der Waals surface area contributed by atoms with Crippen molar-refractivity contribution < 1.29 is 0 Å². The van der Waals surface area contributed by atoms with E-state index >= 15 is 0 Å². The fraction of sp³-hybridized carbons (Fsp3) is 0.667. The largest absolute Gasteiger partial charge is 0.371 e. The van der Waals surface area contributed by atoms with Crippen LogP contribution in [0.4, 0.5) is 5.69 Å². The molecule has 3 rings (SSSR count). The number of hydrogen-bond donors (Lipinski definition) is 1. The molecule has 1 N–H and O–H groups in total. The maximum absolute atomic E-state index is 4.08. The first kappa shape index (κ1) is 12.0. The molecule has 1 saturated heterocycles. The van der Waals surface area contributed by atoms with Gasteiger partial charge < -0.3 is 10.2 Å². The first-order valence-corrected chi connectivity index (χ1v) is 7.30. The Kier molecular flexibility index (Phi) is 3.79. The molecular formula is C15H23N3. The second-order valence-corrected chi connectivity index (χ2v) is 5.65. The lowest BCUT2D eigenvalue weighted by Crippen LogP contribution is -2.42. The van der Waals surface area contributed by atoms with Gasteiger partial charge in [-0.15, -0.1) is 0 Å². The van der Waals surface area contributed by atoms with E-state index in [2.05, 4.69) is 27.3 Å². The molecule has 0 spiro atoms. The third-order valence-electron chi connectivity index (χ3n) is 4.21. The molecule has 2 heterocycles. The SMILES string of the molecule is c1cc(N2CCC(NCCC3CC3)CC2)ccn1. The lowest BCUT2D eigenvalue weighted by molar-refractivity contribution is 0.408. The third kappa shape index (κ3) is 3.22. The highest BCUT2D eigenvalue weighted by molar-refractivity contribution is 5.44. The van der Waals surface area contributed by atoms with Crippen LogP contribution in [-0.4, -0.2) is 30.7 Å². The first-order chi connectivity index (χ1) is 8.92. The molecule has 0 aromatic carbocycles. The summed E-state index contributed by atoms with van der Waals surface area (Å²) in [6.07, 6.45) is 10.7. The topological polar surface area (TPSA) is 28.2 Å². The van der Waals surface area contributed by atoms with Crippen molar-refractivity contribution in [2.75, 3.05) is 24.5 Å². The Morgan fingerprint density at radius 3 is 2.50 bits per heavy atom. The highest BCUT2D eigenvalue weighted by Gasteiger charge is 2.22. The van der Waals surface area contributed by atoms with Crippen molar-refractivity contribution in [3.8, 4) is 0 Å². The second kappa shape index (κ2) is 5.70. The van der Waals surface area contributed by atoms with E-state index in [1.54, 1.807) is 0 Å². The van der Waals surface area contributed by atoms with Gasteiger partial charge in [-0.25, -0.2) is 0 Å². The normalized spacial score (nSPS) is 21.2. The molecule has 3 heteroatoms. The number of hydrogen-bond acceptors (Lipinski definition) is 3. The fourth-order valence-electron chi connectivity index (χ4n) is 2.79. The van der Waals surface area contributed by atoms with Crippen molar-refractivity contribution in [2.24, 2.45) is 5.92 Å². The van der Waals surface area contributed by atoms with Crippen LogP contribution in [0.3, 0.4) is 0 Å². The predicted molar refractivity (Wildman–Crippen MR) is 74.8 cm³/mol. The third-order valence-corrected chi connectivity index (χ3v) is 4.21. The van der Waals surface area contributed by atoms with Crippen LogP contribution in [0.1, 0.15) is 32.1 Å². The quantitative estimate of drug-likeness (QED) is 0.863. The summed E-state index contributed by atoms with van der Waals surface area (Å²) in [4.78, 5) is 6.55. The van der Waals surface area contributed by atoms with Gasteiger partial charge in [-0.2, -0.15) is 0 Å². The Hall–Kier alpha value is -1.09. The molecule has 1 aliphatic carbocycles. The molecule has 0 atom stereocenters. The Balaban J connectivity index is 1.40. The molecule has 1 aliphatic heterocycles. The van der Waals surface area contributed by atoms with Crippen LogP contribution in [0.15, 0.2) is 24.5 Å². The molecule has 98 valence electrons. The molecule has 2 aliphatic rings. The molecule has 0 radical (unpaired) electrons. The van der Waals surface area contributed by atoms with Crippen molar-refractivity contribution in [2.45, 2.75) is 38.1 Å². The van der Waals surface area contributed by atoms with Crippen molar-refractivity contribution in [1.29, 1.82) is 0 Å². The number of pyridine rings is 1. The summed E-state index contributed by atoms with van der Waals surface area (Å²) in [6, 6.07) is 4.96. The van der Waals surface area contributed by atoms with Crippen LogP contribution in [-0.2, 0) is 0 Å². The van der Waals surface area contributed by atoms with E-state index in [0.29, 0.717) is 0 Å². The molecule has 1 aromatic heterocycles. The van der Waals surface area contributed by atoms with Crippen LogP contribution < -0.4 is 10.2 Å². The molecule has 18 heavy (non-hydrogen) atoms. The van der Waals surface area contributed by atoms with Gasteiger partial charge in [0.2, 0.25) is 0 Å². The minimum absolute atomic E-state index is 0.738. The van der Waals surface area contributed by atoms with E-state index < -0.39 is 0 Å². The summed E-state index contributed by atoms with van der Waals surface area (Å²) in [5, 5.41) is 3.73. The molecule has 1 aromatic rings. The van der Waals surface area contributed by atoms with E-state index in [1.165, 1.54) is 57.4 Å². The highest BCUT2D eigenvalue weighted by atomic mass is 15.1. The van der Waals surface area contributed by atoms with Crippen molar-refractivity contribution in [1.82, 2.24) is 10.3 Å². The van der Waals surface area contributed by atoms with E-state index in [1.807, 2.05) is 12.4 Å². The minimum atomic E-state index is 0.738. The van der Waals surface area contributed by atoms with Gasteiger partial charge in [0.15, 0.2) is 0 Å². The van der Waals surface area contributed by atoms with Crippen LogP contribution in [0, 0.1) is 5.92 Å². The number of rotatable bonds is 5. The zero-order chi connectivity index (χ0) is 12.2. The van der Waals surface area contributed by atoms with Gasteiger partial charge in [-0.3, -0.25) is 4.98 Å². The van der Waals surface area contributed by atoms with Gasteiger partial charge in [0.05, 0.1) is 0 Å². The maximum Gasteiger partial charge on any atom is 0.0397 e. The Morgan fingerprint density at radius 1 is 1.11 bits per heavy atom. The van der Waals surface area contributed by atoms with Gasteiger partial charge in [-0.1, -0.05) is 12.8 Å². The molecule has 2 fully saturated rings. The Morgan fingerprint density at radius 2 is 1.83 bits per heavy atom. The average molecular weight is 245 g/mol. The summed E-state index contributed by atoms with van der Waals surface area (Å²) < 4.78 is 0. The van der Waals surface area contributed by atoms with E-state index in [-0.39, 0.29) is 0 Å². The molecule has 0 bridgehead atoms. The monoisotopic (exact) mass is 245 g/mol. The number of aromatic nitrogens is 1. The summed E-state index contributed by atoms with van der Waals surface area (Å²) in [6.45, 7) is 3.57. The molecule has 0 amide bonds. The van der Waals surface area contributed by atoms with Gasteiger partial charge >= 0.3 is 0 Å². The van der Waals surface area contributed by atoms with Gasteiger partial charge in [0, 0.05) is 37.2 Å². The lowest BCUT2D eigenvalue weighted by atomic mass is 10.0. The molecule has 1 saturated carbocycles. The van der Waals surface area contributed by atoms with Crippen LogP contribution in [0.25, 0.3) is 0 Å². The first-order valence-electron chi connectivity index (χ1n) is 7.30. The smallest absolute Gasteiger partial charge is 0.0397 e. The average Bonchev–Trinajstić information content (AvgIpc) is 3.25. The van der Waals surface area contributed by atoms with Gasteiger partial charge in [0.25, 0.3) is 0 Å². The summed E-state index contributed by atoms with van der Waals surface area (Å²) in [5.74, 6) is 1.05. The number of nitrogens with zero attached hydrogens (tertiary/aromatic N) is 2. The van der Waals surface area contributed by atoms with E-state index in [0.717, 1.165) is 12.0 Å². The lowest BCUT2D eigenvalue weighted by Gasteiger charge is -2.34. The van der Waals surface area contributed by atoms with Gasteiger partial charge in [-0.05, 0) is 43.9 Å². The summed E-state index contributed by atoms with van der Waals surface area (Å²) >= 11 is 0. The van der Waals surface area contributed by atoms with Crippen molar-refractivity contribution in [3.63, 3.8) is 0 Å². The summed E-state index contributed by atoms with van der Waals surface area (Å²) in [7, 11) is 0. The Labute approximate surface area is 110 Å². The zero-order valence-corrected chi connectivity index (χ0v) is 11.0. The van der Waals surface area contributed by atoms with Crippen LogP contribution in [0.2, 0.25) is 0 Å². The van der Waals surface area contributed by atoms with E-state index in [4.69, 9.17) is 0 Å². The summed E-state index contributed by atoms with van der Waals surface area (Å²) in [5.41, 5.74) is 1.32. The highest BCUT2D eigenvalue weighted by Crippen LogP contribution is 2.31. The number of piperidine rings is 1. The molecule has 0 unspecified atom stereocenters. The van der Waals surface area contributed by atoms with E-state index in [9.17, 15) is 0 Å². The molecular weight excluding hydrogens is 222 g/mol. The number of anilines is 1. The van der Waals surface area contributed by atoms with Crippen LogP contribution >= 0.6 is 0 Å². The fourth-order valence-corrected chi connectivity index (χ4v) is 2.79. The maximum atomic E-state index is 4.08.